The van der Waals surface area contributed by atoms with Gasteiger partial charge in [-0.3, -0.25) is 4.79 Å². The Hall–Kier alpha value is -2.68. The Labute approximate surface area is 195 Å². The zero-order chi connectivity index (χ0) is 23.5. The minimum absolute atomic E-state index is 0.0592. The number of thiophene rings is 1. The van der Waals surface area contributed by atoms with Crippen molar-refractivity contribution in [3.63, 3.8) is 0 Å². The molecule has 0 aliphatic heterocycles. The number of sulfone groups is 1. The number of nitrogens with one attached hydrogen (secondary N) is 1. The van der Waals surface area contributed by atoms with Crippen LogP contribution in [-0.2, 0) is 26.9 Å². The normalized spacial score (nSPS) is 11.3. The number of anilines is 1. The maximum absolute atomic E-state index is 12.8. The van der Waals surface area contributed by atoms with E-state index in [1.54, 1.807) is 28.8 Å². The van der Waals surface area contributed by atoms with Gasteiger partial charge in [0.15, 0.2) is 15.0 Å². The van der Waals surface area contributed by atoms with E-state index in [2.05, 4.69) is 21.6 Å². The second-order valence-electron chi connectivity index (χ2n) is 7.15. The lowest BCUT2D eigenvalue weighted by Gasteiger charge is -2.08. The summed E-state index contributed by atoms with van der Waals surface area (Å²) in [5, 5.41) is 21.3. The maximum atomic E-state index is 12.8. The second kappa shape index (κ2) is 9.85. The summed E-state index contributed by atoms with van der Waals surface area (Å²) < 4.78 is 27.2. The van der Waals surface area contributed by atoms with Crippen molar-refractivity contribution in [3.8, 4) is 6.07 Å². The average molecular weight is 490 g/mol. The number of rotatable bonds is 8. The summed E-state index contributed by atoms with van der Waals surface area (Å²) in [6.45, 7) is 7.99. The first kappa shape index (κ1) is 24.0. The molecule has 0 saturated heterocycles. The fourth-order valence-corrected chi connectivity index (χ4v) is 6.11. The quantitative estimate of drug-likeness (QED) is 0.477. The second-order valence-corrected chi connectivity index (χ2v) is 11.3. The highest BCUT2D eigenvalue weighted by Gasteiger charge is 2.22. The molecule has 0 bridgehead atoms. The van der Waals surface area contributed by atoms with Crippen molar-refractivity contribution in [2.75, 3.05) is 11.1 Å². The van der Waals surface area contributed by atoms with Gasteiger partial charge < -0.3 is 9.88 Å². The number of nitrogens with zero attached hydrogens (tertiary/aromatic N) is 4. The summed E-state index contributed by atoms with van der Waals surface area (Å²) in [5.74, 6) is -0.161. The number of benzene rings is 1. The molecule has 0 saturated carbocycles. The van der Waals surface area contributed by atoms with Crippen LogP contribution in [0.5, 0.6) is 0 Å². The number of nitriles is 1. The van der Waals surface area contributed by atoms with Gasteiger partial charge in [0.1, 0.15) is 22.6 Å². The molecule has 0 fully saturated rings. The highest BCUT2D eigenvalue weighted by Crippen LogP contribution is 2.32. The predicted molar refractivity (Wildman–Crippen MR) is 126 cm³/mol. The lowest BCUT2D eigenvalue weighted by atomic mass is 10.2. The first-order valence-corrected chi connectivity index (χ1v) is 13.3. The summed E-state index contributed by atoms with van der Waals surface area (Å²) in [5.41, 5.74) is 2.32. The highest BCUT2D eigenvalue weighted by atomic mass is 32.2. The molecule has 0 spiro atoms. The van der Waals surface area contributed by atoms with Crippen molar-refractivity contribution in [1.82, 2.24) is 14.8 Å². The fraction of sp³-hybridized carbons (Fsp3) is 0.333. The molecule has 2 aromatic heterocycles. The third-order valence-corrected chi connectivity index (χ3v) is 8.61. The highest BCUT2D eigenvalue weighted by molar-refractivity contribution is 7.99. The summed E-state index contributed by atoms with van der Waals surface area (Å²) >= 11 is 2.54. The zero-order valence-corrected chi connectivity index (χ0v) is 20.6. The molecule has 168 valence electrons. The first-order valence-electron chi connectivity index (χ1n) is 9.80. The first-order chi connectivity index (χ1) is 15.2. The van der Waals surface area contributed by atoms with Crippen LogP contribution >= 0.6 is 23.1 Å². The SMILES string of the molecule is CCn1c(CS(=O)(=O)c2ccc(C)cc2)nnc1SCC(=O)Nc1sc(C)c(C)c1C#N. The van der Waals surface area contributed by atoms with Crippen molar-refractivity contribution in [2.45, 2.75) is 50.0 Å². The molecule has 32 heavy (non-hydrogen) atoms. The van der Waals surface area contributed by atoms with Gasteiger partial charge in [-0.15, -0.1) is 21.5 Å². The van der Waals surface area contributed by atoms with Crippen LogP contribution in [-0.4, -0.2) is 34.8 Å². The fourth-order valence-electron chi connectivity index (χ4n) is 2.99. The summed E-state index contributed by atoms with van der Waals surface area (Å²) in [4.78, 5) is 13.6. The van der Waals surface area contributed by atoms with Gasteiger partial charge in [-0.2, -0.15) is 5.26 Å². The number of aromatic nitrogens is 3. The molecule has 0 unspecified atom stereocenters. The van der Waals surface area contributed by atoms with Crippen LogP contribution in [0, 0.1) is 32.1 Å². The minimum atomic E-state index is -3.57. The molecule has 3 aromatic rings. The molecule has 1 amide bonds. The molecule has 2 heterocycles. The zero-order valence-electron chi connectivity index (χ0n) is 18.2. The van der Waals surface area contributed by atoms with E-state index in [-0.39, 0.29) is 22.3 Å². The molecule has 8 nitrogen and oxygen atoms in total. The number of carbonyl (C=O) groups excluding carboxylic acids is 1. The number of carbonyl (C=O) groups is 1. The number of aryl methyl sites for hydroxylation is 2. The Morgan fingerprint density at radius 2 is 1.91 bits per heavy atom. The van der Waals surface area contributed by atoms with Crippen LogP contribution in [0.25, 0.3) is 0 Å². The number of thioether (sulfide) groups is 1. The standard InChI is InChI=1S/C21H23N5O3S3/c1-5-26-18(12-32(28,29)16-8-6-13(2)7-9-16)24-25-21(26)30-11-19(27)23-20-17(10-22)14(3)15(4)31-20/h6-9H,5,11-12H2,1-4H3,(H,23,27). The van der Waals surface area contributed by atoms with E-state index in [0.29, 0.717) is 28.1 Å². The van der Waals surface area contributed by atoms with Crippen LogP contribution in [0.2, 0.25) is 0 Å². The van der Waals surface area contributed by atoms with Gasteiger partial charge in [0, 0.05) is 11.4 Å². The van der Waals surface area contributed by atoms with E-state index in [1.807, 2.05) is 27.7 Å². The Balaban J connectivity index is 1.70. The largest absolute Gasteiger partial charge is 0.316 e. The predicted octanol–water partition coefficient (Wildman–Crippen LogP) is 3.86. The summed E-state index contributed by atoms with van der Waals surface area (Å²) in [6, 6.07) is 8.81. The number of hydrogen-bond donors (Lipinski definition) is 1. The Bertz CT molecular complexity index is 1290. The van der Waals surface area contributed by atoms with Gasteiger partial charge in [0.25, 0.3) is 0 Å². The number of amides is 1. The third-order valence-electron chi connectivity index (χ3n) is 4.89. The molecule has 1 N–H and O–H groups in total. The molecular formula is C21H23N5O3S3. The van der Waals surface area contributed by atoms with Gasteiger partial charge in [-0.05, 0) is 45.4 Å². The van der Waals surface area contributed by atoms with Crippen LogP contribution in [0.15, 0.2) is 34.3 Å². The Morgan fingerprint density at radius 3 is 2.53 bits per heavy atom. The van der Waals surface area contributed by atoms with Crippen molar-refractivity contribution in [1.29, 1.82) is 5.26 Å². The summed E-state index contributed by atoms with van der Waals surface area (Å²) in [6.07, 6.45) is 0. The van der Waals surface area contributed by atoms with E-state index < -0.39 is 9.84 Å². The molecule has 0 aliphatic carbocycles. The van der Waals surface area contributed by atoms with E-state index in [4.69, 9.17) is 0 Å². The molecular weight excluding hydrogens is 466 g/mol. The van der Waals surface area contributed by atoms with Gasteiger partial charge in [-0.25, -0.2) is 8.42 Å². The lowest BCUT2D eigenvalue weighted by molar-refractivity contribution is -0.113. The summed E-state index contributed by atoms with van der Waals surface area (Å²) in [7, 11) is -3.57. The topological polar surface area (TPSA) is 118 Å². The van der Waals surface area contributed by atoms with Crippen LogP contribution in [0.4, 0.5) is 5.00 Å². The number of hydrogen-bond acceptors (Lipinski definition) is 8. The molecule has 1 aromatic carbocycles. The monoisotopic (exact) mass is 489 g/mol. The maximum Gasteiger partial charge on any atom is 0.235 e. The molecule has 0 radical (unpaired) electrons. The Morgan fingerprint density at radius 1 is 1.22 bits per heavy atom. The smallest absolute Gasteiger partial charge is 0.235 e. The van der Waals surface area contributed by atoms with E-state index in [0.717, 1.165) is 16.0 Å². The van der Waals surface area contributed by atoms with Crippen molar-refractivity contribution in [3.05, 3.63) is 51.7 Å². The minimum Gasteiger partial charge on any atom is -0.316 e. The molecule has 0 atom stereocenters. The van der Waals surface area contributed by atoms with E-state index in [1.165, 1.54) is 23.1 Å². The van der Waals surface area contributed by atoms with Gasteiger partial charge >= 0.3 is 0 Å². The molecule has 3 rings (SSSR count). The van der Waals surface area contributed by atoms with Crippen LogP contribution < -0.4 is 5.32 Å². The lowest BCUT2D eigenvalue weighted by Crippen LogP contribution is -2.15. The average Bonchev–Trinajstić information content (AvgIpc) is 3.25. The Kier molecular flexibility index (Phi) is 7.38. The van der Waals surface area contributed by atoms with Crippen LogP contribution in [0.1, 0.15) is 34.3 Å². The van der Waals surface area contributed by atoms with E-state index in [9.17, 15) is 18.5 Å². The van der Waals surface area contributed by atoms with Gasteiger partial charge in [0.05, 0.1) is 16.2 Å². The van der Waals surface area contributed by atoms with E-state index >= 15 is 0 Å². The van der Waals surface area contributed by atoms with Gasteiger partial charge in [0.2, 0.25) is 5.91 Å². The van der Waals surface area contributed by atoms with Crippen molar-refractivity contribution < 1.29 is 13.2 Å². The van der Waals surface area contributed by atoms with Crippen molar-refractivity contribution in [2.24, 2.45) is 0 Å². The molecule has 11 heteroatoms. The molecule has 0 aliphatic rings. The third kappa shape index (κ3) is 5.20. The van der Waals surface area contributed by atoms with Crippen molar-refractivity contribution >= 4 is 43.8 Å². The van der Waals surface area contributed by atoms with Gasteiger partial charge in [-0.1, -0.05) is 29.5 Å². The van der Waals surface area contributed by atoms with Crippen LogP contribution in [0.3, 0.4) is 0 Å².